The molecule has 0 aliphatic carbocycles. The summed E-state index contributed by atoms with van der Waals surface area (Å²) in [6.07, 6.45) is 0. The second kappa shape index (κ2) is 5.92. The van der Waals surface area contributed by atoms with E-state index >= 15 is 0 Å². The number of hydrogen-bond donors (Lipinski definition) is 1. The van der Waals surface area contributed by atoms with Gasteiger partial charge < -0.3 is 10.3 Å². The number of primary amides is 1. The van der Waals surface area contributed by atoms with E-state index in [9.17, 15) is 9.18 Å². The van der Waals surface area contributed by atoms with Gasteiger partial charge in [0.05, 0.1) is 5.56 Å². The van der Waals surface area contributed by atoms with E-state index in [2.05, 4.69) is 10.1 Å². The van der Waals surface area contributed by atoms with E-state index in [-0.39, 0.29) is 17.4 Å². The normalized spacial score (nSPS) is 11.1. The van der Waals surface area contributed by atoms with Crippen molar-refractivity contribution in [3.63, 3.8) is 0 Å². The molecule has 3 rings (SSSR count). The number of nitrogens with zero attached hydrogens (tertiary/aromatic N) is 2. The van der Waals surface area contributed by atoms with Gasteiger partial charge in [-0.15, -0.1) is 11.3 Å². The van der Waals surface area contributed by atoms with Crippen molar-refractivity contribution >= 4 is 17.2 Å². The second-order valence-corrected chi connectivity index (χ2v) is 6.19. The van der Waals surface area contributed by atoms with Crippen LogP contribution in [0.25, 0.3) is 21.8 Å². The number of amides is 1. The van der Waals surface area contributed by atoms with E-state index in [1.165, 1.54) is 23.5 Å². The molecule has 23 heavy (non-hydrogen) atoms. The summed E-state index contributed by atoms with van der Waals surface area (Å²) < 4.78 is 18.6. The van der Waals surface area contributed by atoms with Crippen molar-refractivity contribution in [1.29, 1.82) is 0 Å². The van der Waals surface area contributed by atoms with E-state index in [1.807, 2.05) is 13.8 Å². The zero-order valence-electron chi connectivity index (χ0n) is 12.5. The van der Waals surface area contributed by atoms with Crippen molar-refractivity contribution in [2.24, 2.45) is 5.73 Å². The monoisotopic (exact) mass is 331 g/mol. The summed E-state index contributed by atoms with van der Waals surface area (Å²) >= 11 is 1.29. The minimum absolute atomic E-state index is 0.0765. The number of aromatic nitrogens is 2. The molecule has 2 N–H and O–H groups in total. The lowest BCUT2D eigenvalue weighted by molar-refractivity contribution is 0.0996. The third kappa shape index (κ3) is 2.87. The smallest absolute Gasteiger partial charge is 0.268 e. The summed E-state index contributed by atoms with van der Waals surface area (Å²) in [4.78, 5) is 15.5. The van der Waals surface area contributed by atoms with Gasteiger partial charge in [-0.25, -0.2) is 9.37 Å². The molecule has 0 aliphatic heterocycles. The van der Waals surface area contributed by atoms with Crippen LogP contribution in [-0.4, -0.2) is 16.0 Å². The van der Waals surface area contributed by atoms with Gasteiger partial charge in [-0.1, -0.05) is 19.0 Å². The Kier molecular flexibility index (Phi) is 3.96. The SMILES string of the molecule is CC(C)c1onc(-c2ccc(F)cc2)c1-c1nc(C(N)=O)cs1. The van der Waals surface area contributed by atoms with Gasteiger partial charge in [0.25, 0.3) is 5.91 Å². The zero-order valence-corrected chi connectivity index (χ0v) is 13.4. The van der Waals surface area contributed by atoms with Gasteiger partial charge >= 0.3 is 0 Å². The third-order valence-corrected chi connectivity index (χ3v) is 4.19. The Hall–Kier alpha value is -2.54. The minimum Gasteiger partial charge on any atom is -0.364 e. The van der Waals surface area contributed by atoms with E-state index in [0.29, 0.717) is 27.6 Å². The molecule has 7 heteroatoms. The molecule has 118 valence electrons. The lowest BCUT2D eigenvalue weighted by Gasteiger charge is -2.03. The first-order valence-corrected chi connectivity index (χ1v) is 7.86. The predicted molar refractivity (Wildman–Crippen MR) is 85.6 cm³/mol. The molecule has 0 unspecified atom stereocenters. The Labute approximate surface area is 135 Å². The highest BCUT2D eigenvalue weighted by atomic mass is 32.1. The molecule has 0 aliphatic rings. The van der Waals surface area contributed by atoms with Crippen LogP contribution in [-0.2, 0) is 0 Å². The van der Waals surface area contributed by atoms with Crippen LogP contribution >= 0.6 is 11.3 Å². The molecule has 0 bridgehead atoms. The summed E-state index contributed by atoms with van der Waals surface area (Å²) in [6.45, 7) is 3.95. The Morgan fingerprint density at radius 1 is 1.30 bits per heavy atom. The average Bonchev–Trinajstić information content (AvgIpc) is 3.14. The van der Waals surface area contributed by atoms with Gasteiger partial charge in [-0.05, 0) is 24.3 Å². The van der Waals surface area contributed by atoms with Gasteiger partial charge in [-0.2, -0.15) is 0 Å². The molecular weight excluding hydrogens is 317 g/mol. The Morgan fingerprint density at radius 3 is 2.57 bits per heavy atom. The lowest BCUT2D eigenvalue weighted by Crippen LogP contribution is -2.11. The molecule has 0 saturated carbocycles. The molecule has 0 atom stereocenters. The van der Waals surface area contributed by atoms with Crippen molar-refractivity contribution in [2.75, 3.05) is 0 Å². The average molecular weight is 331 g/mol. The summed E-state index contributed by atoms with van der Waals surface area (Å²) in [6, 6.07) is 5.98. The number of carbonyl (C=O) groups is 1. The molecule has 1 aromatic carbocycles. The highest BCUT2D eigenvalue weighted by Gasteiger charge is 2.24. The summed E-state index contributed by atoms with van der Waals surface area (Å²) in [5, 5.41) is 6.32. The van der Waals surface area contributed by atoms with Crippen molar-refractivity contribution in [1.82, 2.24) is 10.1 Å². The van der Waals surface area contributed by atoms with Crippen LogP contribution < -0.4 is 5.73 Å². The van der Waals surface area contributed by atoms with Gasteiger partial charge in [0.15, 0.2) is 0 Å². The van der Waals surface area contributed by atoms with E-state index in [4.69, 9.17) is 10.3 Å². The van der Waals surface area contributed by atoms with Crippen molar-refractivity contribution in [3.8, 4) is 21.8 Å². The van der Waals surface area contributed by atoms with Gasteiger partial charge in [0.1, 0.15) is 28.0 Å². The van der Waals surface area contributed by atoms with E-state index in [0.717, 1.165) is 0 Å². The molecule has 0 saturated heterocycles. The molecule has 5 nitrogen and oxygen atoms in total. The van der Waals surface area contributed by atoms with Crippen molar-refractivity contribution in [3.05, 3.63) is 46.9 Å². The maximum absolute atomic E-state index is 13.1. The molecular formula is C16H14FN3O2S. The topological polar surface area (TPSA) is 82.0 Å². The Balaban J connectivity index is 2.17. The van der Waals surface area contributed by atoms with Gasteiger partial charge in [0.2, 0.25) is 0 Å². The predicted octanol–water partition coefficient (Wildman–Crippen LogP) is 3.83. The van der Waals surface area contributed by atoms with Crippen LogP contribution in [0.1, 0.15) is 36.0 Å². The standard InChI is InChI=1S/C16H14FN3O2S/c1-8(2)14-12(16-19-11(7-23-16)15(18)21)13(20-22-14)9-3-5-10(17)6-4-9/h3-8H,1-2H3,(H2,18,21). The van der Waals surface area contributed by atoms with Gasteiger partial charge in [0, 0.05) is 16.9 Å². The fourth-order valence-corrected chi connectivity index (χ4v) is 3.07. The maximum atomic E-state index is 13.1. The van der Waals surface area contributed by atoms with Crippen LogP contribution in [0.2, 0.25) is 0 Å². The summed E-state index contributed by atoms with van der Waals surface area (Å²) in [7, 11) is 0. The van der Waals surface area contributed by atoms with Crippen LogP contribution in [0, 0.1) is 5.82 Å². The quantitative estimate of drug-likeness (QED) is 0.788. The number of nitrogens with two attached hydrogens (primary N) is 1. The number of thiazole rings is 1. The Morgan fingerprint density at radius 2 is 2.00 bits per heavy atom. The number of hydrogen-bond acceptors (Lipinski definition) is 5. The summed E-state index contributed by atoms with van der Waals surface area (Å²) in [5.41, 5.74) is 7.46. The van der Waals surface area contributed by atoms with E-state index < -0.39 is 5.91 Å². The van der Waals surface area contributed by atoms with Crippen LogP contribution in [0.4, 0.5) is 4.39 Å². The first-order valence-electron chi connectivity index (χ1n) is 6.98. The van der Waals surface area contributed by atoms with Crippen LogP contribution in [0.5, 0.6) is 0 Å². The fourth-order valence-electron chi connectivity index (χ4n) is 2.21. The molecule has 2 heterocycles. The number of rotatable bonds is 4. The number of carbonyl (C=O) groups excluding carboxylic acids is 1. The number of halogens is 1. The molecule has 0 radical (unpaired) electrons. The Bertz CT molecular complexity index is 853. The highest BCUT2D eigenvalue weighted by Crippen LogP contribution is 2.39. The van der Waals surface area contributed by atoms with Gasteiger partial charge in [-0.3, -0.25) is 4.79 Å². The van der Waals surface area contributed by atoms with Crippen LogP contribution in [0.3, 0.4) is 0 Å². The lowest BCUT2D eigenvalue weighted by atomic mass is 10.0. The minimum atomic E-state index is -0.585. The second-order valence-electron chi connectivity index (χ2n) is 5.33. The fraction of sp³-hybridized carbons (Fsp3) is 0.188. The number of benzene rings is 1. The molecule has 0 fully saturated rings. The van der Waals surface area contributed by atoms with Crippen molar-refractivity contribution < 1.29 is 13.7 Å². The zero-order chi connectivity index (χ0) is 16.6. The third-order valence-electron chi connectivity index (χ3n) is 3.33. The molecule has 3 aromatic rings. The molecule has 2 aromatic heterocycles. The van der Waals surface area contributed by atoms with Crippen LogP contribution in [0.15, 0.2) is 34.2 Å². The van der Waals surface area contributed by atoms with E-state index in [1.54, 1.807) is 17.5 Å². The first-order chi connectivity index (χ1) is 11.0. The first kappa shape index (κ1) is 15.4. The molecule has 1 amide bonds. The van der Waals surface area contributed by atoms with Crippen molar-refractivity contribution in [2.45, 2.75) is 19.8 Å². The largest absolute Gasteiger partial charge is 0.364 e. The highest BCUT2D eigenvalue weighted by molar-refractivity contribution is 7.13. The summed E-state index contributed by atoms with van der Waals surface area (Å²) in [5.74, 6) is -0.172. The maximum Gasteiger partial charge on any atom is 0.268 e. The molecule has 0 spiro atoms.